The largest absolute Gasteiger partial charge is 0.485 e. The van der Waals surface area contributed by atoms with Gasteiger partial charge >= 0.3 is 6.09 Å². The molecule has 2 aliphatic rings. The molecule has 142 valence electrons. The number of carbonyl (C=O) groups is 2. The van der Waals surface area contributed by atoms with Crippen molar-refractivity contribution in [1.29, 1.82) is 0 Å². The van der Waals surface area contributed by atoms with Crippen LogP contribution in [0.4, 0.5) is 4.79 Å². The lowest BCUT2D eigenvalue weighted by Gasteiger charge is -2.32. The number of benzene rings is 1. The van der Waals surface area contributed by atoms with Crippen LogP contribution in [0, 0.1) is 0 Å². The number of para-hydroxylation sites is 2. The van der Waals surface area contributed by atoms with Gasteiger partial charge in [0.25, 0.3) is 5.91 Å². The molecule has 2 heterocycles. The molecule has 26 heavy (non-hydrogen) atoms. The summed E-state index contributed by atoms with van der Waals surface area (Å²) in [5.74, 6) is 1.13. The lowest BCUT2D eigenvalue weighted by molar-refractivity contribution is -0.142. The Hall–Kier alpha value is -2.44. The van der Waals surface area contributed by atoms with Crippen LogP contribution in [0.3, 0.4) is 0 Å². The third-order valence-electron chi connectivity index (χ3n) is 4.33. The summed E-state index contributed by atoms with van der Waals surface area (Å²) in [6.45, 7) is 6.66. The molecule has 1 saturated heterocycles. The van der Waals surface area contributed by atoms with Crippen LogP contribution in [0.15, 0.2) is 24.3 Å². The summed E-state index contributed by atoms with van der Waals surface area (Å²) < 4.78 is 16.7. The second-order valence-corrected chi connectivity index (χ2v) is 7.57. The van der Waals surface area contributed by atoms with Gasteiger partial charge in [0.2, 0.25) is 6.10 Å². The number of hydrogen-bond acceptors (Lipinski definition) is 5. The van der Waals surface area contributed by atoms with E-state index in [4.69, 9.17) is 14.2 Å². The molecule has 1 aromatic carbocycles. The van der Waals surface area contributed by atoms with Crippen LogP contribution in [0.5, 0.6) is 11.5 Å². The van der Waals surface area contributed by atoms with Crippen molar-refractivity contribution in [3.05, 3.63) is 24.3 Å². The number of fused-ring (bicyclic) bond motifs is 1. The normalized spacial score (nSPS) is 22.0. The van der Waals surface area contributed by atoms with Gasteiger partial charge in [0.05, 0.1) is 0 Å². The van der Waals surface area contributed by atoms with Crippen molar-refractivity contribution in [3.63, 3.8) is 0 Å². The van der Waals surface area contributed by atoms with Crippen molar-refractivity contribution in [2.75, 3.05) is 19.7 Å². The fraction of sp³-hybridized carbons (Fsp3) is 0.579. The summed E-state index contributed by atoms with van der Waals surface area (Å²) >= 11 is 0. The van der Waals surface area contributed by atoms with Gasteiger partial charge in [0, 0.05) is 19.1 Å². The Morgan fingerprint density at radius 2 is 2.00 bits per heavy atom. The molecule has 0 radical (unpaired) electrons. The summed E-state index contributed by atoms with van der Waals surface area (Å²) in [5, 5.41) is 2.76. The van der Waals surface area contributed by atoms with Crippen LogP contribution >= 0.6 is 0 Å². The minimum atomic E-state index is -0.660. The zero-order valence-electron chi connectivity index (χ0n) is 15.5. The molecule has 0 unspecified atom stereocenters. The molecule has 7 heteroatoms. The molecule has 0 saturated carbocycles. The molecule has 0 spiro atoms. The fourth-order valence-electron chi connectivity index (χ4n) is 3.18. The fourth-order valence-corrected chi connectivity index (χ4v) is 3.18. The monoisotopic (exact) mass is 362 g/mol. The second-order valence-electron chi connectivity index (χ2n) is 7.57. The lowest BCUT2D eigenvalue weighted by atomic mass is 10.2. The van der Waals surface area contributed by atoms with Crippen molar-refractivity contribution in [1.82, 2.24) is 10.2 Å². The van der Waals surface area contributed by atoms with Gasteiger partial charge in [-0.05, 0) is 45.7 Å². The third-order valence-corrected chi connectivity index (χ3v) is 4.33. The van der Waals surface area contributed by atoms with Gasteiger partial charge in [-0.3, -0.25) is 4.79 Å². The smallest absolute Gasteiger partial charge is 0.407 e. The van der Waals surface area contributed by atoms with Crippen LogP contribution in [0.2, 0.25) is 0 Å². The maximum absolute atomic E-state index is 12.9. The Labute approximate surface area is 153 Å². The van der Waals surface area contributed by atoms with E-state index in [2.05, 4.69) is 5.32 Å². The SMILES string of the molecule is CC(C)(C)OC(=O)NC[C@@H]1CCCN1C(=O)[C@H]1COc2ccccc2O1. The molecule has 3 rings (SSSR count). The van der Waals surface area contributed by atoms with E-state index < -0.39 is 17.8 Å². The Bertz CT molecular complexity index is 670. The molecule has 0 bridgehead atoms. The number of carbonyl (C=O) groups excluding carboxylic acids is 2. The van der Waals surface area contributed by atoms with E-state index in [-0.39, 0.29) is 18.6 Å². The molecule has 1 N–H and O–H groups in total. The van der Waals surface area contributed by atoms with E-state index in [1.807, 2.05) is 39.0 Å². The van der Waals surface area contributed by atoms with E-state index in [1.165, 1.54) is 0 Å². The van der Waals surface area contributed by atoms with Crippen LogP contribution in [-0.2, 0) is 9.53 Å². The average Bonchev–Trinajstić information content (AvgIpc) is 3.06. The molecule has 0 aliphatic carbocycles. The van der Waals surface area contributed by atoms with E-state index >= 15 is 0 Å². The maximum atomic E-state index is 12.9. The van der Waals surface area contributed by atoms with Crippen LogP contribution < -0.4 is 14.8 Å². The highest BCUT2D eigenvalue weighted by atomic mass is 16.6. The predicted octanol–water partition coefficient (Wildman–Crippen LogP) is 2.34. The third kappa shape index (κ3) is 4.39. The first-order valence-corrected chi connectivity index (χ1v) is 8.99. The molecule has 2 amide bonds. The topological polar surface area (TPSA) is 77.1 Å². The molecular formula is C19H26N2O5. The minimum Gasteiger partial charge on any atom is -0.485 e. The van der Waals surface area contributed by atoms with Crippen molar-refractivity contribution in [2.24, 2.45) is 0 Å². The zero-order valence-corrected chi connectivity index (χ0v) is 15.5. The summed E-state index contributed by atoms with van der Waals surface area (Å²) in [7, 11) is 0. The standard InChI is InChI=1S/C19H26N2O5/c1-19(2,3)26-18(23)20-11-13-7-6-10-21(13)17(22)16-12-24-14-8-4-5-9-15(14)25-16/h4-5,8-9,13,16H,6-7,10-12H2,1-3H3,(H,20,23)/t13-,16+/m0/s1. The number of likely N-dealkylation sites (tertiary alicyclic amines) is 1. The van der Waals surface area contributed by atoms with Crippen LogP contribution in [0.1, 0.15) is 33.6 Å². The number of hydrogen-bond donors (Lipinski definition) is 1. The van der Waals surface area contributed by atoms with Crippen molar-refractivity contribution in [3.8, 4) is 11.5 Å². The number of ether oxygens (including phenoxy) is 3. The van der Waals surface area contributed by atoms with Gasteiger partial charge in [-0.2, -0.15) is 0 Å². The van der Waals surface area contributed by atoms with Crippen molar-refractivity contribution >= 4 is 12.0 Å². The predicted molar refractivity (Wildman–Crippen MR) is 95.3 cm³/mol. The maximum Gasteiger partial charge on any atom is 0.407 e. The molecule has 1 aromatic rings. The van der Waals surface area contributed by atoms with Crippen molar-refractivity contribution < 1.29 is 23.8 Å². The highest BCUT2D eigenvalue weighted by Crippen LogP contribution is 2.32. The molecule has 2 atom stereocenters. The molecule has 1 fully saturated rings. The number of nitrogens with zero attached hydrogens (tertiary/aromatic N) is 1. The highest BCUT2D eigenvalue weighted by molar-refractivity contribution is 5.82. The molecular weight excluding hydrogens is 336 g/mol. The van der Waals surface area contributed by atoms with Gasteiger partial charge in [0.15, 0.2) is 11.5 Å². The quantitative estimate of drug-likeness (QED) is 0.893. The van der Waals surface area contributed by atoms with Gasteiger partial charge in [-0.25, -0.2) is 4.79 Å². The Morgan fingerprint density at radius 1 is 1.27 bits per heavy atom. The highest BCUT2D eigenvalue weighted by Gasteiger charge is 2.36. The van der Waals surface area contributed by atoms with E-state index in [0.717, 1.165) is 12.8 Å². The van der Waals surface area contributed by atoms with E-state index in [0.29, 0.717) is 24.6 Å². The molecule has 0 aromatic heterocycles. The molecule has 7 nitrogen and oxygen atoms in total. The van der Waals surface area contributed by atoms with E-state index in [9.17, 15) is 9.59 Å². The lowest BCUT2D eigenvalue weighted by Crippen LogP contribution is -2.51. The van der Waals surface area contributed by atoms with Crippen LogP contribution in [-0.4, -0.2) is 54.3 Å². The number of alkyl carbamates (subject to hydrolysis) is 1. The average molecular weight is 362 g/mol. The van der Waals surface area contributed by atoms with Crippen molar-refractivity contribution in [2.45, 2.75) is 51.4 Å². The molecule has 2 aliphatic heterocycles. The summed E-state index contributed by atoms with van der Waals surface area (Å²) in [5.41, 5.74) is -0.546. The second kappa shape index (κ2) is 7.43. The van der Waals surface area contributed by atoms with Gasteiger partial charge < -0.3 is 24.4 Å². The van der Waals surface area contributed by atoms with Crippen LogP contribution in [0.25, 0.3) is 0 Å². The first-order chi connectivity index (χ1) is 12.3. The zero-order chi connectivity index (χ0) is 18.7. The van der Waals surface area contributed by atoms with Gasteiger partial charge in [0.1, 0.15) is 12.2 Å². The summed E-state index contributed by atoms with van der Waals surface area (Å²) in [6.07, 6.45) is 0.609. The van der Waals surface area contributed by atoms with Gasteiger partial charge in [-0.1, -0.05) is 12.1 Å². The summed E-state index contributed by atoms with van der Waals surface area (Å²) in [6, 6.07) is 7.26. The minimum absolute atomic E-state index is 0.0595. The first-order valence-electron chi connectivity index (χ1n) is 8.99. The summed E-state index contributed by atoms with van der Waals surface area (Å²) in [4.78, 5) is 26.5. The van der Waals surface area contributed by atoms with E-state index in [1.54, 1.807) is 11.0 Å². The Balaban J connectivity index is 1.56. The number of amides is 2. The number of rotatable bonds is 3. The number of nitrogens with one attached hydrogen (secondary N) is 1. The van der Waals surface area contributed by atoms with Gasteiger partial charge in [-0.15, -0.1) is 0 Å². The Morgan fingerprint density at radius 3 is 2.73 bits per heavy atom. The Kier molecular flexibility index (Phi) is 5.25. The first kappa shape index (κ1) is 18.4.